The summed E-state index contributed by atoms with van der Waals surface area (Å²) in [5.74, 6) is 1.66. The number of thiophene rings is 1. The van der Waals surface area contributed by atoms with Crippen molar-refractivity contribution in [3.8, 4) is 21.9 Å². The van der Waals surface area contributed by atoms with E-state index >= 15 is 0 Å². The lowest BCUT2D eigenvalue weighted by Gasteiger charge is -2.11. The van der Waals surface area contributed by atoms with Crippen molar-refractivity contribution < 1.29 is 19.0 Å². The van der Waals surface area contributed by atoms with Crippen LogP contribution < -0.4 is 10.1 Å². The highest BCUT2D eigenvalue weighted by Crippen LogP contribution is 2.29. The summed E-state index contributed by atoms with van der Waals surface area (Å²) in [6.07, 6.45) is 2.56. The number of methoxy groups -OCH3 is 2. The number of nitrogens with zero attached hydrogens (tertiary/aromatic N) is 3. The molecule has 4 rings (SSSR count). The Morgan fingerprint density at radius 2 is 1.97 bits per heavy atom. The maximum Gasteiger partial charge on any atom is 0.341 e. The van der Waals surface area contributed by atoms with Gasteiger partial charge in [-0.3, -0.25) is 0 Å². The molecule has 3 aromatic heterocycles. The van der Waals surface area contributed by atoms with Gasteiger partial charge >= 0.3 is 5.97 Å². The first-order valence-electron chi connectivity index (χ1n) is 11.7. The molecule has 1 aromatic carbocycles. The van der Waals surface area contributed by atoms with Gasteiger partial charge in [0.15, 0.2) is 5.82 Å². The third-order valence-corrected chi connectivity index (χ3v) is 6.28. The summed E-state index contributed by atoms with van der Waals surface area (Å²) in [5.41, 5.74) is 3.10. The van der Waals surface area contributed by atoms with Gasteiger partial charge in [0, 0.05) is 41.6 Å². The molecule has 0 aliphatic heterocycles. The van der Waals surface area contributed by atoms with Crippen LogP contribution in [0.1, 0.15) is 29.9 Å². The molecule has 36 heavy (non-hydrogen) atoms. The van der Waals surface area contributed by atoms with E-state index in [2.05, 4.69) is 24.1 Å². The molecule has 1 N–H and O–H groups in total. The standard InChI is InChI=1S/C27H30N4O4S/c1-18(2)13-21-16-25(30-31(21)20-7-5-8-22(15-20)35-11-10-33-3)29-26-23(27(32)34-4)14-19(17-28-26)24-9-6-12-36-24/h5-9,12,14-18H,10-11,13H2,1-4H3,(H,28,29,30). The maximum atomic E-state index is 12.6. The molecule has 0 radical (unpaired) electrons. The van der Waals surface area contributed by atoms with Gasteiger partial charge in [-0.05, 0) is 42.0 Å². The Bertz CT molecular complexity index is 1300. The molecule has 0 aliphatic carbocycles. The second-order valence-electron chi connectivity index (χ2n) is 8.58. The van der Waals surface area contributed by atoms with E-state index in [9.17, 15) is 4.79 Å². The zero-order valence-electron chi connectivity index (χ0n) is 20.9. The van der Waals surface area contributed by atoms with Gasteiger partial charge in [0.25, 0.3) is 0 Å². The minimum absolute atomic E-state index is 0.344. The molecule has 188 valence electrons. The van der Waals surface area contributed by atoms with Gasteiger partial charge in [0.2, 0.25) is 0 Å². The van der Waals surface area contributed by atoms with Gasteiger partial charge in [-0.2, -0.15) is 0 Å². The number of hydrogen-bond acceptors (Lipinski definition) is 8. The van der Waals surface area contributed by atoms with E-state index in [0.29, 0.717) is 36.3 Å². The third-order valence-electron chi connectivity index (χ3n) is 5.36. The lowest BCUT2D eigenvalue weighted by Crippen LogP contribution is -2.08. The zero-order valence-corrected chi connectivity index (χ0v) is 21.7. The van der Waals surface area contributed by atoms with E-state index in [4.69, 9.17) is 19.3 Å². The van der Waals surface area contributed by atoms with Crippen LogP contribution in [0.5, 0.6) is 5.75 Å². The fraction of sp³-hybridized carbons (Fsp3) is 0.296. The number of pyridine rings is 1. The van der Waals surface area contributed by atoms with Crippen molar-refractivity contribution in [2.45, 2.75) is 20.3 Å². The van der Waals surface area contributed by atoms with Crippen molar-refractivity contribution in [2.24, 2.45) is 5.92 Å². The Labute approximate surface area is 214 Å². The number of benzene rings is 1. The Kier molecular flexibility index (Phi) is 8.35. The topological polar surface area (TPSA) is 87.5 Å². The highest BCUT2D eigenvalue weighted by atomic mass is 32.1. The van der Waals surface area contributed by atoms with E-state index in [-0.39, 0.29) is 0 Å². The Balaban J connectivity index is 1.67. The van der Waals surface area contributed by atoms with Gasteiger partial charge in [-0.1, -0.05) is 26.0 Å². The van der Waals surface area contributed by atoms with Crippen LogP contribution in [0.25, 0.3) is 16.1 Å². The molecule has 0 spiro atoms. The molecule has 3 heterocycles. The van der Waals surface area contributed by atoms with Crippen LogP contribution in [-0.2, 0) is 15.9 Å². The highest BCUT2D eigenvalue weighted by Gasteiger charge is 2.18. The first kappa shape index (κ1) is 25.4. The van der Waals surface area contributed by atoms with Crippen molar-refractivity contribution >= 4 is 28.9 Å². The second kappa shape index (κ2) is 11.8. The van der Waals surface area contributed by atoms with Gasteiger partial charge in [-0.15, -0.1) is 16.4 Å². The second-order valence-corrected chi connectivity index (χ2v) is 9.53. The third kappa shape index (κ3) is 6.10. The Morgan fingerprint density at radius 3 is 2.69 bits per heavy atom. The molecule has 0 saturated heterocycles. The highest BCUT2D eigenvalue weighted by molar-refractivity contribution is 7.13. The molecule has 0 bridgehead atoms. The maximum absolute atomic E-state index is 12.6. The zero-order chi connectivity index (χ0) is 25.5. The average Bonchev–Trinajstić information content (AvgIpc) is 3.54. The van der Waals surface area contributed by atoms with E-state index < -0.39 is 5.97 Å². The summed E-state index contributed by atoms with van der Waals surface area (Å²) in [4.78, 5) is 18.1. The van der Waals surface area contributed by atoms with E-state index in [0.717, 1.165) is 34.0 Å². The van der Waals surface area contributed by atoms with Crippen LogP contribution in [0.3, 0.4) is 0 Å². The summed E-state index contributed by atoms with van der Waals surface area (Å²) in [5, 5.41) is 10.0. The average molecular weight is 507 g/mol. The SMILES string of the molecule is COCCOc1cccc(-n2nc(Nc3ncc(-c4cccs4)cc3C(=O)OC)cc2CC(C)C)c1. The van der Waals surface area contributed by atoms with Crippen molar-refractivity contribution in [1.82, 2.24) is 14.8 Å². The van der Waals surface area contributed by atoms with Crippen molar-refractivity contribution in [2.75, 3.05) is 32.8 Å². The van der Waals surface area contributed by atoms with Crippen molar-refractivity contribution in [3.63, 3.8) is 0 Å². The molecule has 0 aliphatic rings. The van der Waals surface area contributed by atoms with Crippen molar-refractivity contribution in [1.29, 1.82) is 0 Å². The number of hydrogen-bond donors (Lipinski definition) is 1. The van der Waals surface area contributed by atoms with Crippen LogP contribution in [0.15, 0.2) is 60.1 Å². The van der Waals surface area contributed by atoms with Crippen LogP contribution >= 0.6 is 11.3 Å². The van der Waals surface area contributed by atoms with Crippen LogP contribution in [0, 0.1) is 5.92 Å². The molecule has 0 amide bonds. The van der Waals surface area contributed by atoms with Gasteiger partial charge < -0.3 is 19.5 Å². The van der Waals surface area contributed by atoms with Gasteiger partial charge in [0.05, 0.1) is 19.4 Å². The molecular formula is C27H30N4O4S. The smallest absolute Gasteiger partial charge is 0.341 e. The number of aromatic nitrogens is 3. The number of nitrogens with one attached hydrogen (secondary N) is 1. The Hall–Kier alpha value is -3.69. The molecule has 0 atom stereocenters. The largest absolute Gasteiger partial charge is 0.491 e. The molecule has 0 fully saturated rings. The first-order valence-corrected chi connectivity index (χ1v) is 12.6. The fourth-order valence-corrected chi connectivity index (χ4v) is 4.45. The number of rotatable bonds is 11. The number of carbonyl (C=O) groups is 1. The number of ether oxygens (including phenoxy) is 3. The predicted molar refractivity (Wildman–Crippen MR) is 142 cm³/mol. The molecule has 8 nitrogen and oxygen atoms in total. The summed E-state index contributed by atoms with van der Waals surface area (Å²) < 4.78 is 17.8. The molecule has 9 heteroatoms. The number of esters is 1. The summed E-state index contributed by atoms with van der Waals surface area (Å²) >= 11 is 1.58. The molecular weight excluding hydrogens is 476 g/mol. The lowest BCUT2D eigenvalue weighted by molar-refractivity contribution is 0.0601. The van der Waals surface area contributed by atoms with Crippen molar-refractivity contribution in [3.05, 3.63) is 71.4 Å². The first-order chi connectivity index (χ1) is 17.5. The molecule has 4 aromatic rings. The van der Waals surface area contributed by atoms with Gasteiger partial charge in [0.1, 0.15) is 23.7 Å². The van der Waals surface area contributed by atoms with Crippen LogP contribution in [-0.4, -0.2) is 48.2 Å². The fourth-order valence-electron chi connectivity index (χ4n) is 3.74. The summed E-state index contributed by atoms with van der Waals surface area (Å²) in [6, 6.07) is 15.5. The number of carbonyl (C=O) groups excluding carboxylic acids is 1. The minimum Gasteiger partial charge on any atom is -0.491 e. The summed E-state index contributed by atoms with van der Waals surface area (Å²) in [7, 11) is 3.01. The van der Waals surface area contributed by atoms with E-state index in [1.165, 1.54) is 7.11 Å². The Morgan fingerprint density at radius 1 is 1.11 bits per heavy atom. The number of anilines is 2. The summed E-state index contributed by atoms with van der Waals surface area (Å²) in [6.45, 7) is 5.30. The van der Waals surface area contributed by atoms with Crippen LogP contribution in [0.4, 0.5) is 11.6 Å². The quantitative estimate of drug-likeness (QED) is 0.205. The molecule has 0 unspecified atom stereocenters. The molecule has 0 saturated carbocycles. The normalized spacial score (nSPS) is 11.0. The van der Waals surface area contributed by atoms with Gasteiger partial charge in [-0.25, -0.2) is 14.5 Å². The predicted octanol–water partition coefficient (Wildman–Crippen LogP) is 5.75. The minimum atomic E-state index is -0.467. The lowest BCUT2D eigenvalue weighted by atomic mass is 10.1. The van der Waals surface area contributed by atoms with E-state index in [1.807, 2.05) is 52.5 Å². The van der Waals surface area contributed by atoms with Crippen LogP contribution in [0.2, 0.25) is 0 Å². The monoisotopic (exact) mass is 506 g/mol. The van der Waals surface area contributed by atoms with E-state index in [1.54, 1.807) is 30.7 Å².